The number of hydrogen-bond donors (Lipinski definition) is 0. The number of unbranched alkanes of at least 4 members (excludes halogenated alkanes) is 15. The predicted molar refractivity (Wildman–Crippen MR) is 115 cm³/mol. The van der Waals surface area contributed by atoms with Gasteiger partial charge in [-0.15, -0.1) is 0 Å². The number of ether oxygens (including phenoxy) is 1. The van der Waals surface area contributed by atoms with Crippen LogP contribution < -0.4 is 0 Å². The Bertz CT molecular complexity index is 288. The highest BCUT2D eigenvalue weighted by Gasteiger charge is 2.12. The van der Waals surface area contributed by atoms with Crippen molar-refractivity contribution in [2.45, 2.75) is 136 Å². The molecule has 0 aromatic carbocycles. The van der Waals surface area contributed by atoms with Gasteiger partial charge in [0.25, 0.3) is 0 Å². The first-order chi connectivity index (χ1) is 12.7. The van der Waals surface area contributed by atoms with Crippen LogP contribution in [-0.4, -0.2) is 12.6 Å². The van der Waals surface area contributed by atoms with Crippen LogP contribution in [0.4, 0.5) is 0 Å². The Hall–Kier alpha value is -0.530. The topological polar surface area (TPSA) is 26.3 Å². The summed E-state index contributed by atoms with van der Waals surface area (Å²) in [6.07, 6.45) is 23.9. The number of hydrogen-bond acceptors (Lipinski definition) is 2. The molecule has 0 amide bonds. The van der Waals surface area contributed by atoms with E-state index in [2.05, 4.69) is 13.8 Å². The van der Waals surface area contributed by atoms with Gasteiger partial charge < -0.3 is 4.74 Å². The second-order valence-electron chi connectivity index (χ2n) is 8.16. The lowest BCUT2D eigenvalue weighted by Gasteiger charge is -2.10. The first-order valence-electron chi connectivity index (χ1n) is 11.9. The molecule has 156 valence electrons. The van der Waals surface area contributed by atoms with Crippen molar-refractivity contribution in [3.63, 3.8) is 0 Å². The third kappa shape index (κ3) is 18.3. The zero-order valence-electron chi connectivity index (χ0n) is 18.3. The number of carbonyl (C=O) groups excluding carboxylic acids is 1. The van der Waals surface area contributed by atoms with Gasteiger partial charge in [-0.25, -0.2) is 0 Å². The lowest BCUT2D eigenvalue weighted by atomic mass is 10.0. The van der Waals surface area contributed by atoms with Gasteiger partial charge in [0.05, 0.1) is 12.5 Å². The standard InChI is InChI=1S/C24H48O2/c1-4-6-7-8-9-10-11-12-13-14-15-16-17-18-19-20-22-26-24(25)23(3)21-5-2/h23H,4-22H2,1-3H3/t23-/m0/s1. The van der Waals surface area contributed by atoms with Gasteiger partial charge in [-0.2, -0.15) is 0 Å². The fraction of sp³-hybridized carbons (Fsp3) is 0.958. The third-order valence-corrected chi connectivity index (χ3v) is 5.37. The van der Waals surface area contributed by atoms with Crippen LogP contribution in [0.3, 0.4) is 0 Å². The highest BCUT2D eigenvalue weighted by atomic mass is 16.5. The molecule has 2 nitrogen and oxygen atoms in total. The van der Waals surface area contributed by atoms with Gasteiger partial charge in [0.1, 0.15) is 0 Å². The van der Waals surface area contributed by atoms with Crippen molar-refractivity contribution in [2.75, 3.05) is 6.61 Å². The van der Waals surface area contributed by atoms with E-state index in [0.717, 1.165) is 19.3 Å². The summed E-state index contributed by atoms with van der Waals surface area (Å²) >= 11 is 0. The van der Waals surface area contributed by atoms with Gasteiger partial charge in [0, 0.05) is 0 Å². The summed E-state index contributed by atoms with van der Waals surface area (Å²) in [4.78, 5) is 11.7. The minimum absolute atomic E-state index is 0.00666. The molecule has 0 rings (SSSR count). The Balaban J connectivity index is 3.12. The zero-order chi connectivity index (χ0) is 19.3. The van der Waals surface area contributed by atoms with E-state index in [0.29, 0.717) is 6.61 Å². The van der Waals surface area contributed by atoms with E-state index in [4.69, 9.17) is 4.74 Å². The molecule has 0 saturated heterocycles. The third-order valence-electron chi connectivity index (χ3n) is 5.37. The van der Waals surface area contributed by atoms with Crippen LogP contribution in [-0.2, 0) is 9.53 Å². The molecule has 0 aliphatic carbocycles. The van der Waals surface area contributed by atoms with Crippen molar-refractivity contribution in [3.8, 4) is 0 Å². The Kier molecular flexibility index (Phi) is 20.4. The van der Waals surface area contributed by atoms with Gasteiger partial charge >= 0.3 is 5.97 Å². The lowest BCUT2D eigenvalue weighted by molar-refractivity contribution is -0.148. The van der Waals surface area contributed by atoms with E-state index in [1.165, 1.54) is 96.3 Å². The Labute approximate surface area is 164 Å². The minimum Gasteiger partial charge on any atom is -0.465 e. The SMILES string of the molecule is CCCCCCCCCCCCCCCCCCOC(=O)[C@@H](C)CCC. The van der Waals surface area contributed by atoms with Crippen molar-refractivity contribution in [1.29, 1.82) is 0 Å². The van der Waals surface area contributed by atoms with Gasteiger partial charge in [0.15, 0.2) is 0 Å². The monoisotopic (exact) mass is 368 g/mol. The second kappa shape index (κ2) is 20.8. The summed E-state index contributed by atoms with van der Waals surface area (Å²) in [6, 6.07) is 0. The van der Waals surface area contributed by atoms with Gasteiger partial charge in [-0.05, 0) is 12.8 Å². The second-order valence-corrected chi connectivity index (χ2v) is 8.16. The quantitative estimate of drug-likeness (QED) is 0.160. The summed E-state index contributed by atoms with van der Waals surface area (Å²) in [5.74, 6) is 0.0638. The summed E-state index contributed by atoms with van der Waals surface area (Å²) in [7, 11) is 0. The maximum absolute atomic E-state index is 11.7. The van der Waals surface area contributed by atoms with Crippen molar-refractivity contribution < 1.29 is 9.53 Å². The zero-order valence-corrected chi connectivity index (χ0v) is 18.3. The maximum Gasteiger partial charge on any atom is 0.308 e. The van der Waals surface area contributed by atoms with Gasteiger partial charge in [-0.3, -0.25) is 4.79 Å². The van der Waals surface area contributed by atoms with E-state index in [9.17, 15) is 4.79 Å². The molecule has 0 aromatic heterocycles. The van der Waals surface area contributed by atoms with Crippen LogP contribution in [0.25, 0.3) is 0 Å². The van der Waals surface area contributed by atoms with E-state index >= 15 is 0 Å². The molecule has 0 aliphatic heterocycles. The molecule has 0 aliphatic rings. The predicted octanol–water partition coefficient (Wildman–Crippen LogP) is 8.23. The molecule has 0 bridgehead atoms. The Morgan fingerprint density at radius 3 is 1.38 bits per heavy atom. The molecule has 0 fully saturated rings. The minimum atomic E-state index is -0.00666. The van der Waals surface area contributed by atoms with E-state index in [1.54, 1.807) is 0 Å². The molecule has 1 atom stereocenters. The van der Waals surface area contributed by atoms with Crippen LogP contribution in [0.15, 0.2) is 0 Å². The molecule has 26 heavy (non-hydrogen) atoms. The Morgan fingerprint density at radius 1 is 0.615 bits per heavy atom. The van der Waals surface area contributed by atoms with Crippen LogP contribution in [0, 0.1) is 5.92 Å². The van der Waals surface area contributed by atoms with Crippen molar-refractivity contribution >= 4 is 5.97 Å². The number of carbonyl (C=O) groups is 1. The first kappa shape index (κ1) is 25.5. The van der Waals surface area contributed by atoms with Crippen molar-refractivity contribution in [3.05, 3.63) is 0 Å². The normalized spacial score (nSPS) is 12.3. The fourth-order valence-corrected chi connectivity index (χ4v) is 3.52. The van der Waals surface area contributed by atoms with Crippen LogP contribution in [0.1, 0.15) is 136 Å². The smallest absolute Gasteiger partial charge is 0.308 e. The van der Waals surface area contributed by atoms with Gasteiger partial charge in [-0.1, -0.05) is 124 Å². The van der Waals surface area contributed by atoms with E-state index < -0.39 is 0 Å². The average molecular weight is 369 g/mol. The molecule has 0 aromatic rings. The molecular formula is C24H48O2. The number of rotatable bonds is 20. The summed E-state index contributed by atoms with van der Waals surface area (Å²) in [6.45, 7) is 6.98. The average Bonchev–Trinajstić information content (AvgIpc) is 2.64. The highest BCUT2D eigenvalue weighted by Crippen LogP contribution is 2.14. The largest absolute Gasteiger partial charge is 0.465 e. The van der Waals surface area contributed by atoms with Crippen molar-refractivity contribution in [1.82, 2.24) is 0 Å². The first-order valence-corrected chi connectivity index (χ1v) is 11.9. The Morgan fingerprint density at radius 2 is 1.00 bits per heavy atom. The van der Waals surface area contributed by atoms with Crippen LogP contribution in [0.2, 0.25) is 0 Å². The molecule has 0 unspecified atom stereocenters. The number of esters is 1. The molecule has 2 heteroatoms. The molecule has 0 N–H and O–H groups in total. The summed E-state index contributed by atoms with van der Waals surface area (Å²) in [5, 5.41) is 0. The fourth-order valence-electron chi connectivity index (χ4n) is 3.52. The summed E-state index contributed by atoms with van der Waals surface area (Å²) < 4.78 is 5.34. The van der Waals surface area contributed by atoms with Crippen LogP contribution >= 0.6 is 0 Å². The molecule has 0 saturated carbocycles. The molecular weight excluding hydrogens is 320 g/mol. The van der Waals surface area contributed by atoms with E-state index in [1.807, 2.05) is 6.92 Å². The molecule has 0 heterocycles. The van der Waals surface area contributed by atoms with E-state index in [-0.39, 0.29) is 11.9 Å². The molecule has 0 radical (unpaired) electrons. The highest BCUT2D eigenvalue weighted by molar-refractivity contribution is 5.71. The molecule has 0 spiro atoms. The summed E-state index contributed by atoms with van der Waals surface area (Å²) in [5.41, 5.74) is 0. The maximum atomic E-state index is 11.7. The van der Waals surface area contributed by atoms with Gasteiger partial charge in [0.2, 0.25) is 0 Å². The van der Waals surface area contributed by atoms with Crippen molar-refractivity contribution in [2.24, 2.45) is 5.92 Å². The lowest BCUT2D eigenvalue weighted by Crippen LogP contribution is -2.15. The van der Waals surface area contributed by atoms with Crippen LogP contribution in [0.5, 0.6) is 0 Å².